The number of carbonyl (C=O) groups excluding carboxylic acids is 1. The standard InChI is InChI=1S/C20H26O4/c1-13(2)5-7-16-9-15(6-8-19(22)23-4)10-17-11-18(14(3)12-21)24-20(16)17/h5-6,8-10,14,18,21H,7,11-12H2,1-4H3/b8-6+/t14-,18+/m0/s1. The molecule has 0 unspecified atom stereocenters. The third kappa shape index (κ3) is 4.48. The van der Waals surface area contributed by atoms with Crippen LogP contribution in [0.3, 0.4) is 0 Å². The number of methoxy groups -OCH3 is 1. The number of hydrogen-bond donors (Lipinski definition) is 1. The highest BCUT2D eigenvalue weighted by atomic mass is 16.5. The molecule has 24 heavy (non-hydrogen) atoms. The molecule has 0 aromatic heterocycles. The monoisotopic (exact) mass is 330 g/mol. The molecule has 0 saturated carbocycles. The van der Waals surface area contributed by atoms with Crippen LogP contribution in [0.2, 0.25) is 0 Å². The Hall–Kier alpha value is -2.07. The lowest BCUT2D eigenvalue weighted by atomic mass is 9.96. The maximum absolute atomic E-state index is 11.3. The molecule has 1 heterocycles. The van der Waals surface area contributed by atoms with Crippen molar-refractivity contribution in [2.45, 2.75) is 39.7 Å². The predicted octanol–water partition coefficient (Wildman–Crippen LogP) is 3.31. The normalized spacial score (nSPS) is 17.3. The summed E-state index contributed by atoms with van der Waals surface area (Å²) in [6, 6.07) is 4.09. The highest BCUT2D eigenvalue weighted by molar-refractivity contribution is 5.87. The molecule has 1 N–H and O–H groups in total. The Morgan fingerprint density at radius 2 is 2.21 bits per heavy atom. The summed E-state index contributed by atoms with van der Waals surface area (Å²) in [4.78, 5) is 11.3. The van der Waals surface area contributed by atoms with E-state index in [1.807, 2.05) is 19.1 Å². The Bertz CT molecular complexity index is 654. The van der Waals surface area contributed by atoms with Crippen molar-refractivity contribution in [1.82, 2.24) is 0 Å². The SMILES string of the molecule is COC(=O)/C=C/c1cc(CC=C(C)C)c2c(c1)C[C@H]([C@@H](C)CO)O2. The van der Waals surface area contributed by atoms with E-state index in [9.17, 15) is 9.90 Å². The van der Waals surface area contributed by atoms with Crippen molar-refractivity contribution in [2.75, 3.05) is 13.7 Å². The molecule has 0 radical (unpaired) electrons. The second-order valence-electron chi connectivity index (χ2n) is 6.53. The summed E-state index contributed by atoms with van der Waals surface area (Å²) in [5.41, 5.74) is 4.44. The molecule has 0 fully saturated rings. The van der Waals surface area contributed by atoms with Gasteiger partial charge in [-0.3, -0.25) is 0 Å². The molecule has 4 nitrogen and oxygen atoms in total. The van der Waals surface area contributed by atoms with Crippen LogP contribution in [0.5, 0.6) is 5.75 Å². The van der Waals surface area contributed by atoms with Gasteiger partial charge in [0, 0.05) is 25.0 Å². The smallest absolute Gasteiger partial charge is 0.330 e. The fourth-order valence-electron chi connectivity index (χ4n) is 2.72. The van der Waals surface area contributed by atoms with E-state index in [1.54, 1.807) is 6.08 Å². The van der Waals surface area contributed by atoms with E-state index in [2.05, 4.69) is 24.7 Å². The summed E-state index contributed by atoms with van der Waals surface area (Å²) in [5, 5.41) is 9.39. The van der Waals surface area contributed by atoms with E-state index in [1.165, 1.54) is 18.8 Å². The van der Waals surface area contributed by atoms with Gasteiger partial charge in [0.05, 0.1) is 7.11 Å². The van der Waals surface area contributed by atoms with E-state index in [0.717, 1.165) is 35.3 Å². The van der Waals surface area contributed by atoms with Gasteiger partial charge in [-0.25, -0.2) is 4.79 Å². The molecule has 0 bridgehead atoms. The fourth-order valence-corrected chi connectivity index (χ4v) is 2.72. The minimum absolute atomic E-state index is 0.00436. The Balaban J connectivity index is 2.35. The molecule has 1 aromatic rings. The van der Waals surface area contributed by atoms with Crippen LogP contribution in [0, 0.1) is 5.92 Å². The average Bonchev–Trinajstić information content (AvgIpc) is 3.00. The molecule has 0 saturated heterocycles. The number of rotatable bonds is 6. The largest absolute Gasteiger partial charge is 0.489 e. The quantitative estimate of drug-likeness (QED) is 0.494. The molecule has 1 aliphatic heterocycles. The van der Waals surface area contributed by atoms with E-state index < -0.39 is 0 Å². The molecule has 1 aliphatic rings. The number of hydrogen-bond acceptors (Lipinski definition) is 4. The maximum atomic E-state index is 11.3. The number of carbonyl (C=O) groups is 1. The van der Waals surface area contributed by atoms with E-state index in [0.29, 0.717) is 0 Å². The molecular formula is C20H26O4. The van der Waals surface area contributed by atoms with Crippen LogP contribution in [-0.4, -0.2) is 30.9 Å². The molecule has 0 amide bonds. The van der Waals surface area contributed by atoms with Gasteiger partial charge >= 0.3 is 5.97 Å². The van der Waals surface area contributed by atoms with Gasteiger partial charge in [-0.2, -0.15) is 0 Å². The average molecular weight is 330 g/mol. The van der Waals surface area contributed by atoms with Gasteiger partial charge < -0.3 is 14.6 Å². The highest BCUT2D eigenvalue weighted by Gasteiger charge is 2.29. The van der Waals surface area contributed by atoms with Crippen molar-refractivity contribution >= 4 is 12.0 Å². The van der Waals surface area contributed by atoms with Gasteiger partial charge in [-0.05, 0) is 55.2 Å². The summed E-state index contributed by atoms with van der Waals surface area (Å²) >= 11 is 0. The minimum atomic E-state index is -0.371. The summed E-state index contributed by atoms with van der Waals surface area (Å²) < 4.78 is 10.8. The van der Waals surface area contributed by atoms with E-state index >= 15 is 0 Å². The third-order valence-electron chi connectivity index (χ3n) is 4.22. The summed E-state index contributed by atoms with van der Waals surface area (Å²) in [7, 11) is 1.37. The number of benzene rings is 1. The van der Waals surface area contributed by atoms with Crippen molar-refractivity contribution in [1.29, 1.82) is 0 Å². The Morgan fingerprint density at radius 1 is 1.46 bits per heavy atom. The van der Waals surface area contributed by atoms with Crippen molar-refractivity contribution in [3.63, 3.8) is 0 Å². The van der Waals surface area contributed by atoms with Gasteiger partial charge in [-0.1, -0.05) is 18.6 Å². The van der Waals surface area contributed by atoms with Gasteiger partial charge in [-0.15, -0.1) is 0 Å². The molecule has 0 aliphatic carbocycles. The lowest BCUT2D eigenvalue weighted by molar-refractivity contribution is -0.134. The second-order valence-corrected chi connectivity index (χ2v) is 6.53. The first kappa shape index (κ1) is 18.3. The zero-order chi connectivity index (χ0) is 17.7. The lowest BCUT2D eigenvalue weighted by Crippen LogP contribution is -2.25. The van der Waals surface area contributed by atoms with E-state index in [-0.39, 0.29) is 24.6 Å². The number of aliphatic hydroxyl groups is 1. The topological polar surface area (TPSA) is 55.8 Å². The second kappa shape index (κ2) is 8.15. The van der Waals surface area contributed by atoms with Gasteiger partial charge in [0.25, 0.3) is 0 Å². The van der Waals surface area contributed by atoms with Crippen molar-refractivity contribution < 1.29 is 19.4 Å². The first-order valence-electron chi connectivity index (χ1n) is 8.27. The summed E-state index contributed by atoms with van der Waals surface area (Å²) in [5.74, 6) is 0.639. The van der Waals surface area contributed by atoms with Crippen LogP contribution < -0.4 is 4.74 Å². The molecule has 4 heteroatoms. The summed E-state index contributed by atoms with van der Waals surface area (Å²) in [6.07, 6.45) is 6.91. The highest BCUT2D eigenvalue weighted by Crippen LogP contribution is 2.37. The van der Waals surface area contributed by atoms with E-state index in [4.69, 9.17) is 4.74 Å². The first-order valence-corrected chi connectivity index (χ1v) is 8.27. The maximum Gasteiger partial charge on any atom is 0.330 e. The Kier molecular flexibility index (Phi) is 6.21. The van der Waals surface area contributed by atoms with Crippen molar-refractivity contribution in [3.8, 4) is 5.75 Å². The number of aliphatic hydroxyl groups excluding tert-OH is 1. The molecule has 2 atom stereocenters. The molecule has 1 aromatic carbocycles. The van der Waals surface area contributed by atoms with Crippen LogP contribution in [0.25, 0.3) is 6.08 Å². The van der Waals surface area contributed by atoms with Gasteiger partial charge in [0.1, 0.15) is 11.9 Å². The van der Waals surface area contributed by atoms with Crippen LogP contribution in [-0.2, 0) is 22.4 Å². The fraction of sp³-hybridized carbons (Fsp3) is 0.450. The zero-order valence-corrected chi connectivity index (χ0v) is 14.8. The number of fused-ring (bicyclic) bond motifs is 1. The summed E-state index contributed by atoms with van der Waals surface area (Å²) in [6.45, 7) is 6.24. The van der Waals surface area contributed by atoms with Gasteiger partial charge in [0.15, 0.2) is 0 Å². The first-order chi connectivity index (χ1) is 11.4. The predicted molar refractivity (Wildman–Crippen MR) is 95.0 cm³/mol. The molecule has 0 spiro atoms. The van der Waals surface area contributed by atoms with Crippen LogP contribution >= 0.6 is 0 Å². The lowest BCUT2D eigenvalue weighted by Gasteiger charge is -2.17. The number of ether oxygens (including phenoxy) is 2. The number of allylic oxidation sites excluding steroid dienone is 2. The van der Waals surface area contributed by atoms with Crippen molar-refractivity contribution in [3.05, 3.63) is 46.5 Å². The van der Waals surface area contributed by atoms with Crippen LogP contribution in [0.1, 0.15) is 37.5 Å². The van der Waals surface area contributed by atoms with Gasteiger partial charge in [0.2, 0.25) is 0 Å². The zero-order valence-electron chi connectivity index (χ0n) is 14.8. The minimum Gasteiger partial charge on any atom is -0.489 e. The van der Waals surface area contributed by atoms with Crippen LogP contribution in [0.4, 0.5) is 0 Å². The third-order valence-corrected chi connectivity index (χ3v) is 4.22. The molecule has 2 rings (SSSR count). The molecular weight excluding hydrogens is 304 g/mol. The Morgan fingerprint density at radius 3 is 2.83 bits per heavy atom. The Labute approximate surface area is 143 Å². The van der Waals surface area contributed by atoms with Crippen molar-refractivity contribution in [2.24, 2.45) is 5.92 Å². The van der Waals surface area contributed by atoms with Crippen LogP contribution in [0.15, 0.2) is 29.9 Å². The number of esters is 1. The molecule has 130 valence electrons.